The van der Waals surface area contributed by atoms with Gasteiger partial charge in [-0.2, -0.15) is 0 Å². The number of hydrogen-bond donors (Lipinski definition) is 2. The molecule has 0 aromatic heterocycles. The molecule has 1 fully saturated rings. The van der Waals surface area contributed by atoms with Crippen molar-refractivity contribution in [3.05, 3.63) is 28.7 Å². The predicted molar refractivity (Wildman–Crippen MR) is 81.7 cm³/mol. The first kappa shape index (κ1) is 14.9. The summed E-state index contributed by atoms with van der Waals surface area (Å²) in [6, 6.07) is 8.17. The van der Waals surface area contributed by atoms with E-state index < -0.39 is 11.5 Å². The zero-order chi connectivity index (χ0) is 13.9. The number of thioether (sulfide) groups is 1. The van der Waals surface area contributed by atoms with E-state index in [0.29, 0.717) is 18.1 Å². The summed E-state index contributed by atoms with van der Waals surface area (Å²) < 4.78 is 1.06. The van der Waals surface area contributed by atoms with Gasteiger partial charge in [0.05, 0.1) is 0 Å². The Hall–Kier alpha value is -0.520. The molecule has 2 unspecified atom stereocenters. The molecule has 1 aromatic rings. The SMILES string of the molecule is CNC1(C(=O)O)CCCC(Sc2cccc(Br)c2)C1. The Balaban J connectivity index is 2.07. The minimum absolute atomic E-state index is 0.353. The monoisotopic (exact) mass is 343 g/mol. The van der Waals surface area contributed by atoms with Crippen molar-refractivity contribution >= 4 is 33.7 Å². The van der Waals surface area contributed by atoms with Crippen LogP contribution in [0.3, 0.4) is 0 Å². The molecular formula is C14H18BrNO2S. The van der Waals surface area contributed by atoms with Crippen LogP contribution in [0.25, 0.3) is 0 Å². The van der Waals surface area contributed by atoms with Gasteiger partial charge in [-0.3, -0.25) is 4.79 Å². The largest absolute Gasteiger partial charge is 0.480 e. The predicted octanol–water partition coefficient (Wildman–Crippen LogP) is 3.53. The molecule has 2 rings (SSSR count). The fourth-order valence-corrected chi connectivity index (χ4v) is 4.53. The van der Waals surface area contributed by atoms with Gasteiger partial charge in [-0.05, 0) is 50.9 Å². The van der Waals surface area contributed by atoms with Gasteiger partial charge in [0, 0.05) is 14.6 Å². The van der Waals surface area contributed by atoms with Crippen LogP contribution in [0.4, 0.5) is 0 Å². The molecule has 19 heavy (non-hydrogen) atoms. The maximum atomic E-state index is 11.5. The highest BCUT2D eigenvalue weighted by Gasteiger charge is 2.41. The molecule has 3 nitrogen and oxygen atoms in total. The summed E-state index contributed by atoms with van der Waals surface area (Å²) in [4.78, 5) is 12.7. The number of carboxylic acid groups (broad SMARTS) is 1. The van der Waals surface area contributed by atoms with Gasteiger partial charge in [-0.25, -0.2) is 0 Å². The molecule has 5 heteroatoms. The van der Waals surface area contributed by atoms with Crippen LogP contribution in [0.1, 0.15) is 25.7 Å². The fourth-order valence-electron chi connectivity index (χ4n) is 2.59. The summed E-state index contributed by atoms with van der Waals surface area (Å²) in [6.45, 7) is 0. The summed E-state index contributed by atoms with van der Waals surface area (Å²) in [5, 5.41) is 12.8. The van der Waals surface area contributed by atoms with E-state index in [1.807, 2.05) is 12.1 Å². The minimum atomic E-state index is -0.748. The third-order valence-corrected chi connectivity index (χ3v) is 5.45. The number of halogens is 1. The van der Waals surface area contributed by atoms with Crippen LogP contribution < -0.4 is 5.32 Å². The molecule has 1 aliphatic carbocycles. The van der Waals surface area contributed by atoms with Gasteiger partial charge in [0.25, 0.3) is 0 Å². The third kappa shape index (κ3) is 3.52. The molecule has 0 heterocycles. The van der Waals surface area contributed by atoms with Crippen LogP contribution in [0.5, 0.6) is 0 Å². The lowest BCUT2D eigenvalue weighted by Crippen LogP contribution is -2.53. The highest BCUT2D eigenvalue weighted by atomic mass is 79.9. The normalized spacial score (nSPS) is 27.2. The number of hydrogen-bond acceptors (Lipinski definition) is 3. The Morgan fingerprint density at radius 3 is 3.00 bits per heavy atom. The van der Waals surface area contributed by atoms with Gasteiger partial charge >= 0.3 is 5.97 Å². The Morgan fingerprint density at radius 2 is 2.37 bits per heavy atom. The molecule has 0 bridgehead atoms. The average Bonchev–Trinajstić information content (AvgIpc) is 2.38. The van der Waals surface area contributed by atoms with Gasteiger partial charge in [-0.1, -0.05) is 22.0 Å². The zero-order valence-electron chi connectivity index (χ0n) is 10.9. The number of rotatable bonds is 4. The van der Waals surface area contributed by atoms with E-state index in [2.05, 4.69) is 33.4 Å². The highest BCUT2D eigenvalue weighted by Crippen LogP contribution is 2.38. The number of carboxylic acids is 1. The number of nitrogens with one attached hydrogen (secondary N) is 1. The third-order valence-electron chi connectivity index (χ3n) is 3.69. The van der Waals surface area contributed by atoms with Gasteiger partial charge in [0.1, 0.15) is 5.54 Å². The zero-order valence-corrected chi connectivity index (χ0v) is 13.3. The van der Waals surface area contributed by atoms with E-state index >= 15 is 0 Å². The van der Waals surface area contributed by atoms with E-state index in [1.54, 1.807) is 18.8 Å². The average molecular weight is 344 g/mol. The van der Waals surface area contributed by atoms with Crippen molar-refractivity contribution in [3.8, 4) is 0 Å². The van der Waals surface area contributed by atoms with Crippen molar-refractivity contribution < 1.29 is 9.90 Å². The van der Waals surface area contributed by atoms with Gasteiger partial charge in [0.2, 0.25) is 0 Å². The molecule has 2 atom stereocenters. The molecule has 1 aromatic carbocycles. The molecule has 0 spiro atoms. The second kappa shape index (κ2) is 6.29. The fraction of sp³-hybridized carbons (Fsp3) is 0.500. The minimum Gasteiger partial charge on any atom is -0.480 e. The van der Waals surface area contributed by atoms with E-state index in [-0.39, 0.29) is 0 Å². The quantitative estimate of drug-likeness (QED) is 0.877. The summed E-state index contributed by atoms with van der Waals surface area (Å²) in [7, 11) is 1.75. The molecule has 2 N–H and O–H groups in total. The summed E-state index contributed by atoms with van der Waals surface area (Å²) >= 11 is 5.25. The molecule has 0 saturated heterocycles. The lowest BCUT2D eigenvalue weighted by molar-refractivity contribution is -0.146. The first-order chi connectivity index (χ1) is 9.05. The van der Waals surface area contributed by atoms with Gasteiger partial charge < -0.3 is 10.4 Å². The topological polar surface area (TPSA) is 49.3 Å². The van der Waals surface area contributed by atoms with Crippen LogP contribution in [-0.2, 0) is 4.79 Å². The Morgan fingerprint density at radius 1 is 1.58 bits per heavy atom. The highest BCUT2D eigenvalue weighted by molar-refractivity contribution is 9.10. The molecular weight excluding hydrogens is 326 g/mol. The van der Waals surface area contributed by atoms with Crippen LogP contribution in [-0.4, -0.2) is 28.9 Å². The van der Waals surface area contributed by atoms with Crippen molar-refractivity contribution in [3.63, 3.8) is 0 Å². The van der Waals surface area contributed by atoms with Crippen LogP contribution in [0, 0.1) is 0 Å². The number of likely N-dealkylation sites (N-methyl/N-ethyl adjacent to an activating group) is 1. The molecule has 0 amide bonds. The van der Waals surface area contributed by atoms with E-state index in [9.17, 15) is 9.90 Å². The number of aliphatic carboxylic acids is 1. The Labute approximate surface area is 126 Å². The summed E-state index contributed by atoms with van der Waals surface area (Å²) in [5.74, 6) is -0.727. The molecule has 104 valence electrons. The molecule has 0 aliphatic heterocycles. The maximum absolute atomic E-state index is 11.5. The first-order valence-corrected chi connectivity index (χ1v) is 8.07. The Bertz CT molecular complexity index is 469. The molecule has 1 aliphatic rings. The smallest absolute Gasteiger partial charge is 0.323 e. The second-order valence-corrected chi connectivity index (χ2v) is 7.22. The van der Waals surface area contributed by atoms with Crippen molar-refractivity contribution in [2.75, 3.05) is 7.05 Å². The van der Waals surface area contributed by atoms with E-state index in [0.717, 1.165) is 17.3 Å². The molecule has 1 saturated carbocycles. The standard InChI is InChI=1S/C14H18BrNO2S/c1-16-14(13(17)18)7-3-6-12(9-14)19-11-5-2-4-10(15)8-11/h2,4-5,8,12,16H,3,6-7,9H2,1H3,(H,17,18). The van der Waals surface area contributed by atoms with Gasteiger partial charge in [-0.15, -0.1) is 11.8 Å². The van der Waals surface area contributed by atoms with Crippen molar-refractivity contribution in [2.24, 2.45) is 0 Å². The van der Waals surface area contributed by atoms with Crippen molar-refractivity contribution in [1.29, 1.82) is 0 Å². The molecule has 0 radical (unpaired) electrons. The van der Waals surface area contributed by atoms with Crippen LogP contribution in [0.15, 0.2) is 33.6 Å². The lowest BCUT2D eigenvalue weighted by atomic mass is 9.81. The van der Waals surface area contributed by atoms with Crippen LogP contribution in [0.2, 0.25) is 0 Å². The maximum Gasteiger partial charge on any atom is 0.323 e. The van der Waals surface area contributed by atoms with Crippen molar-refractivity contribution in [1.82, 2.24) is 5.32 Å². The van der Waals surface area contributed by atoms with E-state index in [1.165, 1.54) is 4.90 Å². The Kier molecular flexibility index (Phi) is 4.92. The summed E-state index contributed by atoms with van der Waals surface area (Å²) in [6.07, 6.45) is 3.43. The second-order valence-electron chi connectivity index (χ2n) is 4.93. The van der Waals surface area contributed by atoms with Gasteiger partial charge in [0.15, 0.2) is 0 Å². The number of benzene rings is 1. The van der Waals surface area contributed by atoms with Crippen molar-refractivity contribution in [2.45, 2.75) is 41.4 Å². The number of carbonyl (C=O) groups is 1. The first-order valence-electron chi connectivity index (χ1n) is 6.40. The van der Waals surface area contributed by atoms with Crippen LogP contribution >= 0.6 is 27.7 Å². The van der Waals surface area contributed by atoms with E-state index in [4.69, 9.17) is 0 Å². The lowest BCUT2D eigenvalue weighted by Gasteiger charge is -2.37. The summed E-state index contributed by atoms with van der Waals surface area (Å²) in [5.41, 5.74) is -0.748.